The van der Waals surface area contributed by atoms with Crippen LogP contribution in [0.15, 0.2) is 47.4 Å². The molecule has 0 spiro atoms. The van der Waals surface area contributed by atoms with E-state index in [9.17, 15) is 28.1 Å². The summed E-state index contributed by atoms with van der Waals surface area (Å²) in [6.07, 6.45) is 0.377. The molecule has 0 aromatic heterocycles. The second-order valence-corrected chi connectivity index (χ2v) is 9.44. The molecule has 0 saturated carbocycles. The highest BCUT2D eigenvalue weighted by atomic mass is 35.5. The lowest BCUT2D eigenvalue weighted by Gasteiger charge is -2.16. The van der Waals surface area contributed by atoms with Gasteiger partial charge in [0, 0.05) is 25.2 Å². The molecule has 10 nitrogen and oxygen atoms in total. The molecule has 32 heavy (non-hydrogen) atoms. The zero-order valence-corrected chi connectivity index (χ0v) is 18.6. The van der Waals surface area contributed by atoms with E-state index in [2.05, 4.69) is 5.32 Å². The first-order valence-corrected chi connectivity index (χ1v) is 11.5. The predicted molar refractivity (Wildman–Crippen MR) is 116 cm³/mol. The van der Waals surface area contributed by atoms with Crippen LogP contribution in [-0.4, -0.2) is 48.7 Å². The molecular formula is C20H20ClN3O7S. The number of sulfonamides is 1. The normalized spacial score (nSPS) is 15.2. The van der Waals surface area contributed by atoms with Crippen LogP contribution in [0.4, 0.5) is 11.4 Å². The fraction of sp³-hybridized carbons (Fsp3) is 0.300. The topological polar surface area (TPSA) is 136 Å². The number of amides is 1. The largest absolute Gasteiger partial charge is 0.449 e. The highest BCUT2D eigenvalue weighted by molar-refractivity contribution is 7.89. The first-order chi connectivity index (χ1) is 15.1. The lowest BCUT2D eigenvalue weighted by atomic mass is 10.2. The Labute approximate surface area is 189 Å². The Morgan fingerprint density at radius 3 is 2.38 bits per heavy atom. The van der Waals surface area contributed by atoms with Crippen LogP contribution in [-0.2, 0) is 19.6 Å². The number of nitrogens with zero attached hydrogens (tertiary/aromatic N) is 2. The standard InChI is InChI=1S/C20H20ClN3O7S/c1-13(19(25)22-18-12-15(24(27)28)6-9-17(18)21)31-20(26)14-4-7-16(8-5-14)32(29,30)23-10-2-3-11-23/h4-9,12-13H,2-3,10-11H2,1H3,(H,22,25)/t13-/m1/s1. The molecular weight excluding hydrogens is 462 g/mol. The van der Waals surface area contributed by atoms with Gasteiger partial charge in [-0.15, -0.1) is 0 Å². The van der Waals surface area contributed by atoms with Crippen LogP contribution >= 0.6 is 11.6 Å². The van der Waals surface area contributed by atoms with Crippen LogP contribution in [0, 0.1) is 10.1 Å². The van der Waals surface area contributed by atoms with Crippen LogP contribution in [0.2, 0.25) is 5.02 Å². The first-order valence-electron chi connectivity index (χ1n) is 9.65. The predicted octanol–water partition coefficient (Wildman–Crippen LogP) is 3.22. The summed E-state index contributed by atoms with van der Waals surface area (Å²) in [5, 5.41) is 13.4. The third kappa shape index (κ3) is 5.23. The van der Waals surface area contributed by atoms with Crippen molar-refractivity contribution in [1.29, 1.82) is 0 Å². The number of nitro groups is 1. The molecule has 1 atom stereocenters. The molecule has 170 valence electrons. The Kier molecular flexibility index (Phi) is 7.12. The Hall–Kier alpha value is -3.02. The van der Waals surface area contributed by atoms with E-state index < -0.39 is 32.9 Å². The number of non-ortho nitro benzene ring substituents is 1. The number of hydrogen-bond donors (Lipinski definition) is 1. The molecule has 2 aromatic rings. The van der Waals surface area contributed by atoms with E-state index in [-0.39, 0.29) is 26.9 Å². The van der Waals surface area contributed by atoms with Crippen molar-refractivity contribution in [3.05, 3.63) is 63.2 Å². The number of carbonyl (C=O) groups is 2. The number of halogens is 1. The van der Waals surface area contributed by atoms with Gasteiger partial charge in [0.05, 0.1) is 26.1 Å². The fourth-order valence-corrected chi connectivity index (χ4v) is 4.76. The van der Waals surface area contributed by atoms with Crippen molar-refractivity contribution in [2.24, 2.45) is 0 Å². The lowest BCUT2D eigenvalue weighted by Crippen LogP contribution is -2.30. The van der Waals surface area contributed by atoms with Gasteiger partial charge >= 0.3 is 5.97 Å². The highest BCUT2D eigenvalue weighted by Crippen LogP contribution is 2.27. The summed E-state index contributed by atoms with van der Waals surface area (Å²) in [4.78, 5) is 35.0. The quantitative estimate of drug-likeness (QED) is 0.364. The second-order valence-electron chi connectivity index (χ2n) is 7.09. The van der Waals surface area contributed by atoms with Crippen molar-refractivity contribution in [1.82, 2.24) is 4.31 Å². The van der Waals surface area contributed by atoms with E-state index in [0.29, 0.717) is 13.1 Å². The van der Waals surface area contributed by atoms with Crippen molar-refractivity contribution >= 4 is 44.9 Å². The molecule has 1 aliphatic heterocycles. The van der Waals surface area contributed by atoms with Crippen molar-refractivity contribution in [2.75, 3.05) is 18.4 Å². The first kappa shape index (κ1) is 23.6. The Morgan fingerprint density at radius 2 is 1.78 bits per heavy atom. The third-order valence-electron chi connectivity index (χ3n) is 4.86. The average molecular weight is 482 g/mol. The van der Waals surface area contributed by atoms with Crippen molar-refractivity contribution in [2.45, 2.75) is 30.8 Å². The van der Waals surface area contributed by atoms with Crippen LogP contribution in [0.5, 0.6) is 0 Å². The zero-order valence-electron chi connectivity index (χ0n) is 17.0. The summed E-state index contributed by atoms with van der Waals surface area (Å²) in [5.74, 6) is -1.57. The monoisotopic (exact) mass is 481 g/mol. The number of hydrogen-bond acceptors (Lipinski definition) is 7. The van der Waals surface area contributed by atoms with Crippen molar-refractivity contribution in [3.63, 3.8) is 0 Å². The fourth-order valence-electron chi connectivity index (χ4n) is 3.08. The molecule has 3 rings (SSSR count). The molecule has 1 aliphatic rings. The van der Waals surface area contributed by atoms with Gasteiger partial charge in [0.15, 0.2) is 6.10 Å². The van der Waals surface area contributed by atoms with Gasteiger partial charge < -0.3 is 10.1 Å². The van der Waals surface area contributed by atoms with E-state index in [0.717, 1.165) is 18.9 Å². The number of esters is 1. The van der Waals surface area contributed by atoms with Gasteiger partial charge in [-0.1, -0.05) is 11.6 Å². The van der Waals surface area contributed by atoms with Crippen molar-refractivity contribution < 1.29 is 27.7 Å². The number of benzene rings is 2. The molecule has 1 fully saturated rings. The number of nitrogens with one attached hydrogen (secondary N) is 1. The summed E-state index contributed by atoms with van der Waals surface area (Å²) in [7, 11) is -3.61. The van der Waals surface area contributed by atoms with Gasteiger partial charge in [-0.3, -0.25) is 14.9 Å². The number of rotatable bonds is 7. The minimum atomic E-state index is -3.61. The number of ether oxygens (including phenoxy) is 1. The van der Waals surface area contributed by atoms with E-state index in [1.54, 1.807) is 0 Å². The highest BCUT2D eigenvalue weighted by Gasteiger charge is 2.27. The number of nitro benzene ring substituents is 1. The SMILES string of the molecule is C[C@@H](OC(=O)c1ccc(S(=O)(=O)N2CCCC2)cc1)C(=O)Nc1cc([N+](=O)[O-])ccc1Cl. The molecule has 0 unspecified atom stereocenters. The van der Waals surface area contributed by atoms with Gasteiger partial charge in [-0.2, -0.15) is 4.31 Å². The minimum Gasteiger partial charge on any atom is -0.449 e. The molecule has 1 amide bonds. The van der Waals surface area contributed by atoms with Gasteiger partial charge in [0.1, 0.15) is 0 Å². The summed E-state index contributed by atoms with van der Waals surface area (Å²) >= 11 is 5.95. The van der Waals surface area contributed by atoms with Gasteiger partial charge in [0.25, 0.3) is 11.6 Å². The maximum absolute atomic E-state index is 12.6. The molecule has 0 radical (unpaired) electrons. The van der Waals surface area contributed by atoms with Crippen LogP contribution in [0.25, 0.3) is 0 Å². The molecule has 1 N–H and O–H groups in total. The number of anilines is 1. The van der Waals surface area contributed by atoms with E-state index in [1.165, 1.54) is 47.6 Å². The smallest absolute Gasteiger partial charge is 0.338 e. The van der Waals surface area contributed by atoms with Crippen LogP contribution < -0.4 is 5.32 Å². The molecule has 1 saturated heterocycles. The van der Waals surface area contributed by atoms with Gasteiger partial charge in [-0.05, 0) is 50.1 Å². The van der Waals surface area contributed by atoms with E-state index >= 15 is 0 Å². The summed E-state index contributed by atoms with van der Waals surface area (Å²) in [5.41, 5.74) is -0.193. The van der Waals surface area contributed by atoms with Crippen LogP contribution in [0.3, 0.4) is 0 Å². The number of carbonyl (C=O) groups excluding carboxylic acids is 2. The van der Waals surface area contributed by atoms with Crippen molar-refractivity contribution in [3.8, 4) is 0 Å². The van der Waals surface area contributed by atoms with Gasteiger partial charge in [0.2, 0.25) is 10.0 Å². The minimum absolute atomic E-state index is 0.00485. The third-order valence-corrected chi connectivity index (χ3v) is 7.11. The lowest BCUT2D eigenvalue weighted by molar-refractivity contribution is -0.384. The second kappa shape index (κ2) is 9.63. The average Bonchev–Trinajstić information content (AvgIpc) is 3.31. The maximum atomic E-state index is 12.6. The maximum Gasteiger partial charge on any atom is 0.338 e. The van der Waals surface area contributed by atoms with Crippen LogP contribution in [0.1, 0.15) is 30.1 Å². The Bertz CT molecular complexity index is 1150. The Morgan fingerprint density at radius 1 is 1.16 bits per heavy atom. The molecule has 0 aliphatic carbocycles. The molecule has 12 heteroatoms. The summed E-state index contributed by atoms with van der Waals surface area (Å²) in [6, 6.07) is 8.81. The Balaban J connectivity index is 1.64. The van der Waals surface area contributed by atoms with E-state index in [1.807, 2.05) is 0 Å². The molecule has 0 bridgehead atoms. The zero-order chi connectivity index (χ0) is 23.5. The van der Waals surface area contributed by atoms with E-state index in [4.69, 9.17) is 16.3 Å². The summed E-state index contributed by atoms with van der Waals surface area (Å²) < 4.78 is 31.6. The van der Waals surface area contributed by atoms with Gasteiger partial charge in [-0.25, -0.2) is 13.2 Å². The molecule has 1 heterocycles. The summed E-state index contributed by atoms with van der Waals surface area (Å²) in [6.45, 7) is 2.26. The molecule has 2 aromatic carbocycles.